The quantitative estimate of drug-likeness (QED) is 0.790. The number of amides is 1. The fraction of sp³-hybridized carbons (Fsp3) is 0.500. The van der Waals surface area contributed by atoms with Gasteiger partial charge in [0.25, 0.3) is 0 Å². The van der Waals surface area contributed by atoms with E-state index in [4.69, 9.17) is 0 Å². The number of ketones is 1. The minimum atomic E-state index is 0.0939. The predicted molar refractivity (Wildman–Crippen MR) is 78.0 cm³/mol. The summed E-state index contributed by atoms with van der Waals surface area (Å²) in [6.45, 7) is 4.95. The Morgan fingerprint density at radius 1 is 1.00 bits per heavy atom. The van der Waals surface area contributed by atoms with E-state index in [2.05, 4.69) is 4.90 Å². The van der Waals surface area contributed by atoms with E-state index in [1.807, 2.05) is 29.2 Å². The van der Waals surface area contributed by atoms with E-state index in [1.165, 1.54) is 0 Å². The lowest BCUT2D eigenvalue weighted by Crippen LogP contribution is -2.49. The maximum atomic E-state index is 12.0. The van der Waals surface area contributed by atoms with E-state index in [0.717, 1.165) is 50.3 Å². The maximum Gasteiger partial charge on any atom is 0.225 e. The molecule has 0 unspecified atom stereocenters. The molecule has 1 aromatic carbocycles. The topological polar surface area (TPSA) is 40.6 Å². The van der Waals surface area contributed by atoms with Crippen LogP contribution in [0.4, 0.5) is 5.69 Å². The lowest BCUT2D eigenvalue weighted by molar-refractivity contribution is -0.132. The SMILES string of the molecule is CC(=O)c1ccc(N2CCN(C(=O)C3CC3)CC2)cc1. The van der Waals surface area contributed by atoms with Crippen LogP contribution < -0.4 is 4.90 Å². The Morgan fingerprint density at radius 3 is 2.10 bits per heavy atom. The second-order valence-corrected chi connectivity index (χ2v) is 5.69. The third kappa shape index (κ3) is 2.69. The van der Waals surface area contributed by atoms with Gasteiger partial charge in [-0.25, -0.2) is 0 Å². The Bertz CT molecular complexity index is 512. The number of Topliss-reactive ketones (excluding diaryl/α,β-unsaturated/α-hetero) is 1. The molecule has 1 aromatic rings. The van der Waals surface area contributed by atoms with Crippen molar-refractivity contribution in [3.8, 4) is 0 Å². The maximum absolute atomic E-state index is 12.0. The first-order chi connectivity index (χ1) is 9.65. The van der Waals surface area contributed by atoms with Crippen LogP contribution in [0.25, 0.3) is 0 Å². The first kappa shape index (κ1) is 13.2. The van der Waals surface area contributed by atoms with Crippen LogP contribution in [0.3, 0.4) is 0 Å². The summed E-state index contributed by atoms with van der Waals surface area (Å²) in [6, 6.07) is 7.74. The number of benzene rings is 1. The first-order valence-corrected chi connectivity index (χ1v) is 7.30. The van der Waals surface area contributed by atoms with Crippen molar-refractivity contribution in [3.05, 3.63) is 29.8 Å². The largest absolute Gasteiger partial charge is 0.368 e. The Balaban J connectivity index is 1.59. The standard InChI is InChI=1S/C16H20N2O2/c1-12(19)13-4-6-15(7-5-13)17-8-10-18(11-9-17)16(20)14-2-3-14/h4-7,14H,2-3,8-11H2,1H3. The molecule has 0 bridgehead atoms. The molecule has 4 heteroatoms. The molecule has 4 nitrogen and oxygen atoms in total. The summed E-state index contributed by atoms with van der Waals surface area (Å²) >= 11 is 0. The highest BCUT2D eigenvalue weighted by Gasteiger charge is 2.34. The molecular weight excluding hydrogens is 252 g/mol. The van der Waals surface area contributed by atoms with E-state index in [-0.39, 0.29) is 5.78 Å². The molecular formula is C16H20N2O2. The van der Waals surface area contributed by atoms with Crippen molar-refractivity contribution in [1.29, 1.82) is 0 Å². The zero-order valence-electron chi connectivity index (χ0n) is 11.8. The molecule has 3 rings (SSSR count). The Hall–Kier alpha value is -1.84. The summed E-state index contributed by atoms with van der Waals surface area (Å²) in [6.07, 6.45) is 2.15. The lowest BCUT2D eigenvalue weighted by Gasteiger charge is -2.36. The number of carbonyl (C=O) groups excluding carboxylic acids is 2. The Morgan fingerprint density at radius 2 is 1.60 bits per heavy atom. The van der Waals surface area contributed by atoms with Crippen LogP contribution in [0.5, 0.6) is 0 Å². The summed E-state index contributed by atoms with van der Waals surface area (Å²) in [7, 11) is 0. The molecule has 0 atom stereocenters. The normalized spacial score (nSPS) is 19.1. The summed E-state index contributed by atoms with van der Waals surface area (Å²) < 4.78 is 0. The summed E-state index contributed by atoms with van der Waals surface area (Å²) in [5.74, 6) is 0.754. The molecule has 2 fully saturated rings. The third-order valence-corrected chi connectivity index (χ3v) is 4.16. The van der Waals surface area contributed by atoms with Crippen molar-refractivity contribution in [2.45, 2.75) is 19.8 Å². The van der Waals surface area contributed by atoms with Crippen molar-refractivity contribution in [3.63, 3.8) is 0 Å². The molecule has 106 valence electrons. The van der Waals surface area contributed by atoms with Gasteiger partial charge in [0.1, 0.15) is 0 Å². The van der Waals surface area contributed by atoms with Crippen LogP contribution in [0.1, 0.15) is 30.1 Å². The highest BCUT2D eigenvalue weighted by atomic mass is 16.2. The van der Waals surface area contributed by atoms with Crippen LogP contribution in [0.2, 0.25) is 0 Å². The number of piperazine rings is 1. The number of hydrogen-bond donors (Lipinski definition) is 0. The van der Waals surface area contributed by atoms with Gasteiger partial charge in [0, 0.05) is 43.3 Å². The van der Waals surface area contributed by atoms with Crippen molar-refractivity contribution in [1.82, 2.24) is 4.90 Å². The molecule has 2 aliphatic rings. The molecule has 0 aromatic heterocycles. The molecule has 0 radical (unpaired) electrons. The fourth-order valence-electron chi connectivity index (χ4n) is 2.68. The minimum absolute atomic E-state index is 0.0939. The zero-order chi connectivity index (χ0) is 14.1. The van der Waals surface area contributed by atoms with Gasteiger partial charge >= 0.3 is 0 Å². The molecule has 0 spiro atoms. The number of rotatable bonds is 3. The predicted octanol–water partition coefficient (Wildman–Crippen LogP) is 1.95. The van der Waals surface area contributed by atoms with Crippen LogP contribution in [0, 0.1) is 5.92 Å². The Labute approximate surface area is 119 Å². The van der Waals surface area contributed by atoms with Gasteiger partial charge in [0.2, 0.25) is 5.91 Å². The molecule has 1 saturated heterocycles. The fourth-order valence-corrected chi connectivity index (χ4v) is 2.68. The van der Waals surface area contributed by atoms with E-state index in [9.17, 15) is 9.59 Å². The van der Waals surface area contributed by atoms with Gasteiger partial charge in [-0.15, -0.1) is 0 Å². The summed E-state index contributed by atoms with van der Waals surface area (Å²) in [5.41, 5.74) is 1.88. The van der Waals surface area contributed by atoms with Crippen LogP contribution in [-0.4, -0.2) is 42.8 Å². The molecule has 1 amide bonds. The Kier molecular flexibility index (Phi) is 3.47. The average Bonchev–Trinajstić information content (AvgIpc) is 3.31. The van der Waals surface area contributed by atoms with Gasteiger partial charge in [0.15, 0.2) is 5.78 Å². The zero-order valence-corrected chi connectivity index (χ0v) is 11.8. The van der Waals surface area contributed by atoms with Gasteiger partial charge in [-0.05, 0) is 44.0 Å². The van der Waals surface area contributed by atoms with Crippen LogP contribution in [0.15, 0.2) is 24.3 Å². The van der Waals surface area contributed by atoms with E-state index in [0.29, 0.717) is 11.8 Å². The van der Waals surface area contributed by atoms with E-state index >= 15 is 0 Å². The van der Waals surface area contributed by atoms with Crippen molar-refractivity contribution in [2.24, 2.45) is 5.92 Å². The van der Waals surface area contributed by atoms with E-state index in [1.54, 1.807) is 6.92 Å². The highest BCUT2D eigenvalue weighted by Crippen LogP contribution is 2.31. The molecule has 20 heavy (non-hydrogen) atoms. The minimum Gasteiger partial charge on any atom is -0.368 e. The third-order valence-electron chi connectivity index (χ3n) is 4.16. The molecule has 1 aliphatic carbocycles. The number of anilines is 1. The first-order valence-electron chi connectivity index (χ1n) is 7.30. The van der Waals surface area contributed by atoms with Gasteiger partial charge in [-0.2, -0.15) is 0 Å². The van der Waals surface area contributed by atoms with Crippen LogP contribution >= 0.6 is 0 Å². The highest BCUT2D eigenvalue weighted by molar-refractivity contribution is 5.94. The molecule has 1 saturated carbocycles. The van der Waals surface area contributed by atoms with Gasteiger partial charge in [-0.3, -0.25) is 9.59 Å². The second-order valence-electron chi connectivity index (χ2n) is 5.69. The summed E-state index contributed by atoms with van der Waals surface area (Å²) in [5, 5.41) is 0. The average molecular weight is 272 g/mol. The van der Waals surface area contributed by atoms with Gasteiger partial charge in [-0.1, -0.05) is 0 Å². The van der Waals surface area contributed by atoms with Gasteiger partial charge < -0.3 is 9.80 Å². The number of hydrogen-bond acceptors (Lipinski definition) is 3. The monoisotopic (exact) mass is 272 g/mol. The smallest absolute Gasteiger partial charge is 0.225 e. The van der Waals surface area contributed by atoms with Crippen molar-refractivity contribution >= 4 is 17.4 Å². The number of nitrogens with zero attached hydrogens (tertiary/aromatic N) is 2. The van der Waals surface area contributed by atoms with Crippen molar-refractivity contribution < 1.29 is 9.59 Å². The van der Waals surface area contributed by atoms with Crippen LogP contribution in [-0.2, 0) is 4.79 Å². The number of carbonyl (C=O) groups is 2. The van der Waals surface area contributed by atoms with Crippen molar-refractivity contribution in [2.75, 3.05) is 31.1 Å². The lowest BCUT2D eigenvalue weighted by atomic mass is 10.1. The molecule has 1 aliphatic heterocycles. The van der Waals surface area contributed by atoms with Gasteiger partial charge in [0.05, 0.1) is 0 Å². The van der Waals surface area contributed by atoms with E-state index < -0.39 is 0 Å². The second kappa shape index (κ2) is 5.27. The summed E-state index contributed by atoms with van der Waals surface area (Å²) in [4.78, 5) is 27.5. The molecule has 0 N–H and O–H groups in total. The molecule has 1 heterocycles.